The van der Waals surface area contributed by atoms with E-state index in [0.717, 1.165) is 37.2 Å². The summed E-state index contributed by atoms with van der Waals surface area (Å²) in [5.41, 5.74) is 1.70. The molecule has 2 aliphatic rings. The maximum Gasteiger partial charge on any atom is 0.315 e. The molecule has 3 rings (SSSR count). The van der Waals surface area contributed by atoms with Gasteiger partial charge in [-0.2, -0.15) is 0 Å². The van der Waals surface area contributed by atoms with Gasteiger partial charge in [-0.05, 0) is 50.8 Å². The number of amides is 2. The summed E-state index contributed by atoms with van der Waals surface area (Å²) in [7, 11) is 0. The average molecular weight is 321 g/mol. The van der Waals surface area contributed by atoms with Crippen LogP contribution >= 0.6 is 0 Å². The van der Waals surface area contributed by atoms with E-state index in [0.29, 0.717) is 12.8 Å². The van der Waals surface area contributed by atoms with Gasteiger partial charge in [0.25, 0.3) is 0 Å². The van der Waals surface area contributed by atoms with Crippen LogP contribution in [0.1, 0.15) is 44.2 Å². The highest BCUT2D eigenvalue weighted by Gasteiger charge is 2.25. The Morgan fingerprint density at radius 2 is 2.00 bits per heavy atom. The second-order valence-electron chi connectivity index (χ2n) is 6.54. The minimum absolute atomic E-state index is 0.204. The number of aliphatic hydroxyl groups is 1. The van der Waals surface area contributed by atoms with Crippen molar-refractivity contribution in [3.63, 3.8) is 0 Å². The molecule has 1 aromatic rings. The first-order valence-corrected chi connectivity index (χ1v) is 8.32. The zero-order valence-electron chi connectivity index (χ0n) is 13.4. The van der Waals surface area contributed by atoms with Gasteiger partial charge >= 0.3 is 6.03 Å². The summed E-state index contributed by atoms with van der Waals surface area (Å²) in [6.45, 7) is 3.34. The van der Waals surface area contributed by atoms with E-state index in [1.807, 2.05) is 6.92 Å². The van der Waals surface area contributed by atoms with Gasteiger partial charge in [0.05, 0.1) is 12.1 Å². The molecule has 1 atom stereocenters. The number of rotatable bonds is 4. The van der Waals surface area contributed by atoms with E-state index in [2.05, 4.69) is 15.5 Å². The van der Waals surface area contributed by atoms with Crippen LogP contribution in [0.2, 0.25) is 0 Å². The SMILES string of the molecule is CC(NC(=O)NC1CC1)c1cc(F)ccc1N1CCC(O)CC1. The first-order chi connectivity index (χ1) is 11.0. The van der Waals surface area contributed by atoms with Crippen LogP contribution in [0.25, 0.3) is 0 Å². The lowest BCUT2D eigenvalue weighted by Crippen LogP contribution is -2.40. The van der Waals surface area contributed by atoms with Crippen LogP contribution in [0, 0.1) is 5.82 Å². The van der Waals surface area contributed by atoms with E-state index in [-0.39, 0.29) is 30.0 Å². The first kappa shape index (κ1) is 16.1. The van der Waals surface area contributed by atoms with Crippen LogP contribution in [-0.2, 0) is 0 Å². The topological polar surface area (TPSA) is 64.6 Å². The highest BCUT2D eigenvalue weighted by Crippen LogP contribution is 2.30. The van der Waals surface area contributed by atoms with Crippen molar-refractivity contribution in [2.75, 3.05) is 18.0 Å². The second kappa shape index (κ2) is 6.74. The Bertz CT molecular complexity index is 569. The fourth-order valence-electron chi connectivity index (χ4n) is 3.00. The summed E-state index contributed by atoms with van der Waals surface area (Å²) in [5, 5.41) is 15.4. The number of benzene rings is 1. The van der Waals surface area contributed by atoms with E-state index < -0.39 is 0 Å². The van der Waals surface area contributed by atoms with Crippen LogP contribution in [0.3, 0.4) is 0 Å². The van der Waals surface area contributed by atoms with Crippen molar-refractivity contribution in [3.05, 3.63) is 29.6 Å². The summed E-state index contributed by atoms with van der Waals surface area (Å²) in [4.78, 5) is 14.1. The Kier molecular flexibility index (Phi) is 4.71. The number of carbonyl (C=O) groups excluding carboxylic acids is 1. The summed E-state index contributed by atoms with van der Waals surface area (Å²) in [6.07, 6.45) is 3.23. The normalized spacial score (nSPS) is 20.2. The molecule has 1 aliphatic carbocycles. The van der Waals surface area contributed by atoms with E-state index >= 15 is 0 Å². The molecule has 5 nitrogen and oxygen atoms in total. The van der Waals surface area contributed by atoms with Crippen molar-refractivity contribution in [3.8, 4) is 0 Å². The van der Waals surface area contributed by atoms with Crippen molar-refractivity contribution in [1.29, 1.82) is 0 Å². The minimum atomic E-state index is -0.308. The van der Waals surface area contributed by atoms with Crippen molar-refractivity contribution in [2.24, 2.45) is 0 Å². The summed E-state index contributed by atoms with van der Waals surface area (Å²) < 4.78 is 13.7. The van der Waals surface area contributed by atoms with Crippen LogP contribution in [-0.4, -0.2) is 36.4 Å². The second-order valence-corrected chi connectivity index (χ2v) is 6.54. The number of aliphatic hydroxyl groups excluding tert-OH is 1. The number of piperidine rings is 1. The molecule has 6 heteroatoms. The number of urea groups is 1. The lowest BCUT2D eigenvalue weighted by atomic mass is 10.0. The van der Waals surface area contributed by atoms with Crippen LogP contribution in [0.15, 0.2) is 18.2 Å². The third-order valence-corrected chi connectivity index (χ3v) is 4.52. The maximum absolute atomic E-state index is 13.7. The molecular weight excluding hydrogens is 297 g/mol. The summed E-state index contributed by atoms with van der Waals surface area (Å²) >= 11 is 0. The van der Waals surface area contributed by atoms with Gasteiger partial charge in [0, 0.05) is 30.4 Å². The third kappa shape index (κ3) is 4.13. The van der Waals surface area contributed by atoms with E-state index in [1.54, 1.807) is 6.07 Å². The fourth-order valence-corrected chi connectivity index (χ4v) is 3.00. The molecule has 1 aliphatic heterocycles. The number of hydrogen-bond donors (Lipinski definition) is 3. The third-order valence-electron chi connectivity index (χ3n) is 4.52. The van der Waals surface area contributed by atoms with Crippen LogP contribution in [0.4, 0.5) is 14.9 Å². The smallest absolute Gasteiger partial charge is 0.315 e. The number of carbonyl (C=O) groups is 1. The lowest BCUT2D eigenvalue weighted by Gasteiger charge is -2.34. The average Bonchev–Trinajstić information content (AvgIpc) is 3.32. The van der Waals surface area contributed by atoms with Crippen molar-refractivity contribution in [1.82, 2.24) is 10.6 Å². The molecule has 3 N–H and O–H groups in total. The van der Waals surface area contributed by atoms with Gasteiger partial charge in [-0.1, -0.05) is 0 Å². The van der Waals surface area contributed by atoms with Crippen molar-refractivity contribution in [2.45, 2.75) is 50.8 Å². The molecular formula is C17H24FN3O2. The van der Waals surface area contributed by atoms with Crippen molar-refractivity contribution >= 4 is 11.7 Å². The van der Waals surface area contributed by atoms with Gasteiger partial charge < -0.3 is 20.6 Å². The lowest BCUT2D eigenvalue weighted by molar-refractivity contribution is 0.145. The molecule has 1 heterocycles. The molecule has 126 valence electrons. The Balaban J connectivity index is 1.73. The number of nitrogens with one attached hydrogen (secondary N) is 2. The van der Waals surface area contributed by atoms with Gasteiger partial charge in [-0.25, -0.2) is 9.18 Å². The molecule has 0 spiro atoms. The van der Waals surface area contributed by atoms with Gasteiger partial charge in [-0.15, -0.1) is 0 Å². The molecule has 1 aromatic carbocycles. The molecule has 2 amide bonds. The minimum Gasteiger partial charge on any atom is -0.393 e. The van der Waals surface area contributed by atoms with Crippen molar-refractivity contribution < 1.29 is 14.3 Å². The Morgan fingerprint density at radius 3 is 2.65 bits per heavy atom. The molecule has 23 heavy (non-hydrogen) atoms. The summed E-state index contributed by atoms with van der Waals surface area (Å²) in [6, 6.07) is 4.50. The van der Waals surface area contributed by atoms with E-state index in [4.69, 9.17) is 0 Å². The zero-order chi connectivity index (χ0) is 16.4. The highest BCUT2D eigenvalue weighted by molar-refractivity contribution is 5.75. The van der Waals surface area contributed by atoms with Gasteiger partial charge in [0.2, 0.25) is 0 Å². The quantitative estimate of drug-likeness (QED) is 0.797. The van der Waals surface area contributed by atoms with Gasteiger partial charge in [0.1, 0.15) is 5.82 Å². The number of halogens is 1. The largest absolute Gasteiger partial charge is 0.393 e. The highest BCUT2D eigenvalue weighted by atomic mass is 19.1. The Hall–Kier alpha value is -1.82. The number of nitrogens with zero attached hydrogens (tertiary/aromatic N) is 1. The zero-order valence-corrected chi connectivity index (χ0v) is 13.4. The number of hydrogen-bond acceptors (Lipinski definition) is 3. The predicted molar refractivity (Wildman–Crippen MR) is 87.0 cm³/mol. The molecule has 0 radical (unpaired) electrons. The van der Waals surface area contributed by atoms with Crippen LogP contribution in [0.5, 0.6) is 0 Å². The fraction of sp³-hybridized carbons (Fsp3) is 0.588. The molecule has 1 unspecified atom stereocenters. The first-order valence-electron chi connectivity index (χ1n) is 8.32. The van der Waals surface area contributed by atoms with Crippen LogP contribution < -0.4 is 15.5 Å². The Morgan fingerprint density at radius 1 is 1.30 bits per heavy atom. The van der Waals surface area contributed by atoms with Gasteiger partial charge in [0.15, 0.2) is 0 Å². The maximum atomic E-state index is 13.7. The van der Waals surface area contributed by atoms with E-state index in [9.17, 15) is 14.3 Å². The van der Waals surface area contributed by atoms with Gasteiger partial charge in [-0.3, -0.25) is 0 Å². The standard InChI is InChI=1S/C17H24FN3O2/c1-11(19-17(23)20-13-3-4-13)15-10-12(18)2-5-16(15)21-8-6-14(22)7-9-21/h2,5,10-11,13-14,22H,3-4,6-9H2,1H3,(H2,19,20,23). The molecule has 1 saturated heterocycles. The molecule has 1 saturated carbocycles. The molecule has 0 bridgehead atoms. The molecule has 0 aromatic heterocycles. The monoisotopic (exact) mass is 321 g/mol. The van der Waals surface area contributed by atoms with E-state index in [1.165, 1.54) is 12.1 Å². The molecule has 2 fully saturated rings. The summed E-state index contributed by atoms with van der Waals surface area (Å²) in [5.74, 6) is -0.308. The predicted octanol–water partition coefficient (Wildman–Crippen LogP) is 2.31. The Labute approximate surface area is 135 Å². The number of anilines is 1.